The maximum atomic E-state index is 12.8. The van der Waals surface area contributed by atoms with Crippen LogP contribution in [0.1, 0.15) is 51.1 Å². The van der Waals surface area contributed by atoms with Crippen molar-refractivity contribution in [3.05, 3.63) is 64.7 Å². The molecule has 3 amide bonds. The van der Waals surface area contributed by atoms with Crippen LogP contribution in [0.5, 0.6) is 0 Å². The van der Waals surface area contributed by atoms with Crippen LogP contribution in [0, 0.1) is 13.8 Å². The fraction of sp³-hybridized carbons (Fsp3) is 0.348. The van der Waals surface area contributed by atoms with Crippen LogP contribution in [0.2, 0.25) is 0 Å². The largest absolute Gasteiger partial charge is 0.343 e. The van der Waals surface area contributed by atoms with Gasteiger partial charge in [0.15, 0.2) is 0 Å². The first-order valence-corrected chi connectivity index (χ1v) is 12.2. The average molecular weight is 473 g/mol. The van der Waals surface area contributed by atoms with Gasteiger partial charge in [0.05, 0.1) is 11.4 Å². The number of aryl methyl sites for hydroxylation is 2. The highest BCUT2D eigenvalue weighted by Gasteiger charge is 2.26. The van der Waals surface area contributed by atoms with E-state index in [-0.39, 0.29) is 17.0 Å². The van der Waals surface area contributed by atoms with Crippen molar-refractivity contribution < 1.29 is 22.8 Å². The van der Waals surface area contributed by atoms with Crippen molar-refractivity contribution in [3.8, 4) is 0 Å². The molecule has 1 fully saturated rings. The van der Waals surface area contributed by atoms with Crippen LogP contribution < -0.4 is 16.2 Å². The molecule has 1 aliphatic heterocycles. The van der Waals surface area contributed by atoms with E-state index >= 15 is 0 Å². The average Bonchev–Trinajstić information content (AvgIpc) is 2.81. The van der Waals surface area contributed by atoms with Gasteiger partial charge >= 0.3 is 0 Å². The summed E-state index contributed by atoms with van der Waals surface area (Å²) in [6.45, 7) is 4.33. The van der Waals surface area contributed by atoms with Crippen LogP contribution in [0.25, 0.3) is 0 Å². The third kappa shape index (κ3) is 6.39. The predicted molar refractivity (Wildman–Crippen MR) is 123 cm³/mol. The summed E-state index contributed by atoms with van der Waals surface area (Å²) in [5.74, 6) is -1.70. The van der Waals surface area contributed by atoms with Gasteiger partial charge in [0.1, 0.15) is 0 Å². The molecule has 3 N–H and O–H groups in total. The summed E-state index contributed by atoms with van der Waals surface area (Å²) in [5, 5.41) is 2.49. The minimum Gasteiger partial charge on any atom is -0.343 e. The number of sulfonamides is 1. The molecule has 33 heavy (non-hydrogen) atoms. The highest BCUT2D eigenvalue weighted by atomic mass is 32.2. The Labute approximate surface area is 193 Å². The van der Waals surface area contributed by atoms with Gasteiger partial charge in [-0.1, -0.05) is 29.7 Å². The first-order valence-electron chi connectivity index (χ1n) is 10.7. The Morgan fingerprint density at radius 3 is 2.18 bits per heavy atom. The molecule has 0 radical (unpaired) electrons. The van der Waals surface area contributed by atoms with Gasteiger partial charge in [-0.25, -0.2) is 8.42 Å². The maximum absolute atomic E-state index is 12.8. The molecule has 3 rings (SSSR count). The second kappa shape index (κ2) is 10.6. The molecule has 2 aromatic rings. The van der Waals surface area contributed by atoms with Gasteiger partial charge < -0.3 is 5.32 Å². The van der Waals surface area contributed by atoms with E-state index in [1.807, 2.05) is 19.9 Å². The summed E-state index contributed by atoms with van der Waals surface area (Å²) in [6, 6.07) is 11.0. The molecule has 0 aromatic heterocycles. The molecular formula is C23H28N4O5S. The molecule has 1 saturated heterocycles. The molecule has 0 bridgehead atoms. The fourth-order valence-electron chi connectivity index (χ4n) is 3.66. The number of hydrazine groups is 1. The molecule has 0 unspecified atom stereocenters. The summed E-state index contributed by atoms with van der Waals surface area (Å²) in [6.07, 6.45) is 2.62. The van der Waals surface area contributed by atoms with E-state index in [0.717, 1.165) is 30.4 Å². The first kappa shape index (κ1) is 24.4. The van der Waals surface area contributed by atoms with E-state index in [1.54, 1.807) is 12.1 Å². The van der Waals surface area contributed by atoms with Crippen LogP contribution in [0.15, 0.2) is 47.4 Å². The SMILES string of the molecule is Cc1cc(C)cc(C(=O)NCC(=O)NNC(=O)c2cccc(S(=O)(=O)N3CCCCC3)c2)c1. The number of hydrogen-bond donors (Lipinski definition) is 3. The monoisotopic (exact) mass is 472 g/mol. The molecule has 0 aliphatic carbocycles. The van der Waals surface area contributed by atoms with E-state index in [0.29, 0.717) is 18.7 Å². The predicted octanol–water partition coefficient (Wildman–Crippen LogP) is 1.67. The Morgan fingerprint density at radius 2 is 1.52 bits per heavy atom. The third-order valence-electron chi connectivity index (χ3n) is 5.26. The minimum absolute atomic E-state index is 0.0316. The number of nitrogens with zero attached hydrogens (tertiary/aromatic N) is 1. The summed E-state index contributed by atoms with van der Waals surface area (Å²) in [7, 11) is -3.68. The zero-order valence-electron chi connectivity index (χ0n) is 18.7. The number of piperidine rings is 1. The molecule has 2 aromatic carbocycles. The summed E-state index contributed by atoms with van der Waals surface area (Å²) < 4.78 is 27.1. The standard InChI is InChI=1S/C23H28N4O5S/c1-16-11-17(2)13-19(12-16)22(29)24-15-21(28)25-26-23(30)18-7-6-8-20(14-18)33(31,32)27-9-4-3-5-10-27/h6-8,11-14H,3-5,9-10,15H2,1-2H3,(H,24,29)(H,25,28)(H,26,30). The van der Waals surface area contributed by atoms with Crippen molar-refractivity contribution in [2.24, 2.45) is 0 Å². The van der Waals surface area contributed by atoms with E-state index in [1.165, 1.54) is 28.6 Å². The van der Waals surface area contributed by atoms with E-state index in [2.05, 4.69) is 16.2 Å². The number of carbonyl (C=O) groups excluding carboxylic acids is 3. The van der Waals surface area contributed by atoms with E-state index < -0.39 is 27.7 Å². The first-order chi connectivity index (χ1) is 15.7. The molecular weight excluding hydrogens is 444 g/mol. The number of rotatable bonds is 6. The Morgan fingerprint density at radius 1 is 0.848 bits per heavy atom. The van der Waals surface area contributed by atoms with Crippen LogP contribution in [0.4, 0.5) is 0 Å². The maximum Gasteiger partial charge on any atom is 0.269 e. The van der Waals surface area contributed by atoms with Gasteiger partial charge in [-0.2, -0.15) is 4.31 Å². The Hall–Kier alpha value is -3.24. The van der Waals surface area contributed by atoms with Crippen LogP contribution in [-0.2, 0) is 14.8 Å². The van der Waals surface area contributed by atoms with E-state index in [9.17, 15) is 22.8 Å². The van der Waals surface area contributed by atoms with Gasteiger partial charge in [-0.05, 0) is 57.0 Å². The molecule has 9 nitrogen and oxygen atoms in total. The Balaban J connectivity index is 1.54. The number of amides is 3. The smallest absolute Gasteiger partial charge is 0.269 e. The Bertz CT molecular complexity index is 1140. The summed E-state index contributed by atoms with van der Waals surface area (Å²) >= 11 is 0. The molecule has 1 aliphatic rings. The number of carbonyl (C=O) groups is 3. The molecule has 10 heteroatoms. The van der Waals surface area contributed by atoms with Crippen molar-refractivity contribution in [2.75, 3.05) is 19.6 Å². The third-order valence-corrected chi connectivity index (χ3v) is 7.15. The van der Waals surface area contributed by atoms with Gasteiger partial charge in [-0.3, -0.25) is 25.2 Å². The normalized spacial score (nSPS) is 14.4. The van der Waals surface area contributed by atoms with Gasteiger partial charge in [-0.15, -0.1) is 0 Å². The quantitative estimate of drug-likeness (QED) is 0.552. The zero-order chi connectivity index (χ0) is 24.0. The number of nitrogens with one attached hydrogen (secondary N) is 3. The molecule has 0 atom stereocenters. The molecule has 176 valence electrons. The van der Waals surface area contributed by atoms with Crippen molar-refractivity contribution in [2.45, 2.75) is 38.0 Å². The van der Waals surface area contributed by atoms with Crippen LogP contribution in [-0.4, -0.2) is 50.1 Å². The number of hydrogen-bond acceptors (Lipinski definition) is 5. The highest BCUT2D eigenvalue weighted by Crippen LogP contribution is 2.21. The topological polar surface area (TPSA) is 125 Å². The zero-order valence-corrected chi connectivity index (χ0v) is 19.5. The van der Waals surface area contributed by atoms with Gasteiger partial charge in [0, 0.05) is 24.2 Å². The van der Waals surface area contributed by atoms with Crippen LogP contribution in [0.3, 0.4) is 0 Å². The van der Waals surface area contributed by atoms with Crippen LogP contribution >= 0.6 is 0 Å². The van der Waals surface area contributed by atoms with E-state index in [4.69, 9.17) is 0 Å². The Kier molecular flexibility index (Phi) is 7.83. The summed E-state index contributed by atoms with van der Waals surface area (Å²) in [5.41, 5.74) is 6.85. The molecule has 1 heterocycles. The lowest BCUT2D eigenvalue weighted by molar-refractivity contribution is -0.120. The number of benzene rings is 2. The van der Waals surface area contributed by atoms with Crippen molar-refractivity contribution in [1.29, 1.82) is 0 Å². The summed E-state index contributed by atoms with van der Waals surface area (Å²) in [4.78, 5) is 36.7. The van der Waals surface area contributed by atoms with Gasteiger partial charge in [0.25, 0.3) is 17.7 Å². The van der Waals surface area contributed by atoms with Crippen molar-refractivity contribution >= 4 is 27.7 Å². The molecule has 0 saturated carbocycles. The fourth-order valence-corrected chi connectivity index (χ4v) is 5.23. The lowest BCUT2D eigenvalue weighted by Crippen LogP contribution is -2.46. The lowest BCUT2D eigenvalue weighted by atomic mass is 10.1. The van der Waals surface area contributed by atoms with Crippen molar-refractivity contribution in [1.82, 2.24) is 20.5 Å². The second-order valence-corrected chi connectivity index (χ2v) is 9.99. The van der Waals surface area contributed by atoms with Gasteiger partial charge in [0.2, 0.25) is 10.0 Å². The minimum atomic E-state index is -3.68. The van der Waals surface area contributed by atoms with Crippen molar-refractivity contribution in [3.63, 3.8) is 0 Å². The highest BCUT2D eigenvalue weighted by molar-refractivity contribution is 7.89. The lowest BCUT2D eigenvalue weighted by Gasteiger charge is -2.26. The second-order valence-electron chi connectivity index (χ2n) is 8.05. The molecule has 0 spiro atoms.